The van der Waals surface area contributed by atoms with Gasteiger partial charge in [-0.05, 0) is 66.5 Å². The third-order valence-electron chi connectivity index (χ3n) is 5.55. The normalized spacial score (nSPS) is 15.1. The Kier molecular flexibility index (Phi) is 5.84. The van der Waals surface area contributed by atoms with Gasteiger partial charge < -0.3 is 10.2 Å². The Labute approximate surface area is 166 Å². The van der Waals surface area contributed by atoms with E-state index in [1.165, 1.54) is 49.5 Å². The number of nitrogens with zero attached hydrogens (tertiary/aromatic N) is 3. The minimum absolute atomic E-state index is 0.605. The molecule has 1 N–H and O–H groups in total. The topological polar surface area (TPSA) is 52.0 Å². The van der Waals surface area contributed by atoms with Crippen LogP contribution in [-0.4, -0.2) is 36.1 Å². The van der Waals surface area contributed by atoms with Crippen molar-refractivity contribution in [3.63, 3.8) is 0 Å². The van der Waals surface area contributed by atoms with Gasteiger partial charge in [-0.15, -0.1) is 0 Å². The predicted molar refractivity (Wildman–Crippen MR) is 115 cm³/mol. The molecule has 0 spiro atoms. The molecule has 0 radical (unpaired) electrons. The summed E-state index contributed by atoms with van der Waals surface area (Å²) in [5, 5.41) is 15.3. The first-order chi connectivity index (χ1) is 13.8. The van der Waals surface area contributed by atoms with E-state index in [2.05, 4.69) is 57.7 Å². The molecule has 0 unspecified atom stereocenters. The first-order valence-corrected chi connectivity index (χ1v) is 10.2. The van der Waals surface area contributed by atoms with Crippen LogP contribution in [0.15, 0.2) is 54.9 Å². The van der Waals surface area contributed by atoms with Crippen LogP contribution < -0.4 is 5.32 Å². The summed E-state index contributed by atoms with van der Waals surface area (Å²) in [4.78, 5) is 6.63. The Morgan fingerprint density at radius 1 is 0.964 bits per heavy atom. The van der Waals surface area contributed by atoms with Crippen molar-refractivity contribution in [3.8, 4) is 17.2 Å². The maximum atomic E-state index is 9.32. The van der Waals surface area contributed by atoms with Gasteiger partial charge in [0.1, 0.15) is 6.07 Å². The molecular weight excluding hydrogens is 344 g/mol. The van der Waals surface area contributed by atoms with Crippen molar-refractivity contribution in [2.24, 2.45) is 0 Å². The molecule has 1 aromatic heterocycles. The smallest absolute Gasteiger partial charge is 0.101 e. The number of nitrogens with one attached hydrogen (secondary N) is 1. The molecule has 4 nitrogen and oxygen atoms in total. The summed E-state index contributed by atoms with van der Waals surface area (Å²) in [6.07, 6.45) is 8.79. The fourth-order valence-electron chi connectivity index (χ4n) is 3.98. The van der Waals surface area contributed by atoms with Crippen LogP contribution in [0.1, 0.15) is 31.2 Å². The molecular formula is C24H26N4. The maximum Gasteiger partial charge on any atom is 0.101 e. The van der Waals surface area contributed by atoms with Crippen LogP contribution >= 0.6 is 0 Å². The Hall–Kier alpha value is -2.90. The third kappa shape index (κ3) is 4.32. The maximum absolute atomic E-state index is 9.32. The van der Waals surface area contributed by atoms with E-state index in [0.717, 1.165) is 29.9 Å². The van der Waals surface area contributed by atoms with Crippen molar-refractivity contribution < 1.29 is 0 Å². The summed E-state index contributed by atoms with van der Waals surface area (Å²) < 4.78 is 0. The molecule has 2 heterocycles. The Morgan fingerprint density at radius 3 is 2.57 bits per heavy atom. The first-order valence-electron chi connectivity index (χ1n) is 10.2. The fourth-order valence-corrected chi connectivity index (χ4v) is 3.98. The van der Waals surface area contributed by atoms with Gasteiger partial charge in [-0.1, -0.05) is 31.0 Å². The summed E-state index contributed by atoms with van der Waals surface area (Å²) in [6.45, 7) is 4.56. The fraction of sp³-hybridized carbons (Fsp3) is 0.333. The number of benzene rings is 2. The average Bonchev–Trinajstić information content (AvgIpc) is 3.02. The largest absolute Gasteiger partial charge is 0.384 e. The van der Waals surface area contributed by atoms with Gasteiger partial charge in [-0.2, -0.15) is 5.26 Å². The highest BCUT2D eigenvalue weighted by Gasteiger charge is 2.09. The van der Waals surface area contributed by atoms with Crippen LogP contribution in [0.5, 0.6) is 0 Å². The lowest BCUT2D eigenvalue weighted by Crippen LogP contribution is -2.29. The molecule has 0 amide bonds. The van der Waals surface area contributed by atoms with Gasteiger partial charge in [-0.25, -0.2) is 0 Å². The van der Waals surface area contributed by atoms with Gasteiger partial charge in [0.25, 0.3) is 0 Å². The molecule has 4 rings (SSSR count). The lowest BCUT2D eigenvalue weighted by molar-refractivity contribution is 0.296. The number of anilines is 1. The van der Waals surface area contributed by atoms with Gasteiger partial charge >= 0.3 is 0 Å². The molecule has 0 saturated carbocycles. The molecule has 0 aliphatic carbocycles. The van der Waals surface area contributed by atoms with Crippen molar-refractivity contribution in [1.82, 2.24) is 9.88 Å². The zero-order valence-corrected chi connectivity index (χ0v) is 16.2. The summed E-state index contributed by atoms with van der Waals surface area (Å²) >= 11 is 0. The summed E-state index contributed by atoms with van der Waals surface area (Å²) in [7, 11) is 0. The number of hydrogen-bond donors (Lipinski definition) is 1. The van der Waals surface area contributed by atoms with Crippen LogP contribution in [-0.2, 0) is 0 Å². The van der Waals surface area contributed by atoms with E-state index >= 15 is 0 Å². The number of aromatic nitrogens is 1. The van der Waals surface area contributed by atoms with Crippen LogP contribution in [0, 0.1) is 11.3 Å². The van der Waals surface area contributed by atoms with Crippen molar-refractivity contribution in [2.45, 2.75) is 25.7 Å². The molecule has 1 aliphatic rings. The SMILES string of the molecule is N#Cc1cnccc1-c1ccc2cc(NCCN3CCCCCC3)ccc2c1. The van der Waals surface area contributed by atoms with Crippen LogP contribution in [0.4, 0.5) is 5.69 Å². The van der Waals surface area contributed by atoms with Crippen LogP contribution in [0.25, 0.3) is 21.9 Å². The van der Waals surface area contributed by atoms with Gasteiger partial charge in [-0.3, -0.25) is 4.98 Å². The highest BCUT2D eigenvalue weighted by molar-refractivity contribution is 5.90. The molecule has 142 valence electrons. The van der Waals surface area contributed by atoms with Crippen LogP contribution in [0.3, 0.4) is 0 Å². The minimum atomic E-state index is 0.605. The van der Waals surface area contributed by atoms with Gasteiger partial charge in [0.15, 0.2) is 0 Å². The van der Waals surface area contributed by atoms with Gasteiger partial charge in [0.05, 0.1) is 5.56 Å². The summed E-state index contributed by atoms with van der Waals surface area (Å²) in [5.74, 6) is 0. The Balaban J connectivity index is 1.45. The van der Waals surface area contributed by atoms with Crippen molar-refractivity contribution in [3.05, 3.63) is 60.4 Å². The van der Waals surface area contributed by atoms with Gasteiger partial charge in [0, 0.05) is 36.7 Å². The van der Waals surface area contributed by atoms with E-state index < -0.39 is 0 Å². The number of fused-ring (bicyclic) bond motifs is 1. The molecule has 28 heavy (non-hydrogen) atoms. The van der Waals surface area contributed by atoms with Crippen molar-refractivity contribution in [1.29, 1.82) is 5.26 Å². The quantitative estimate of drug-likeness (QED) is 0.682. The minimum Gasteiger partial charge on any atom is -0.384 e. The second-order valence-electron chi connectivity index (χ2n) is 7.49. The molecule has 3 aromatic rings. The predicted octanol–water partition coefficient (Wildman–Crippen LogP) is 5.06. The Morgan fingerprint density at radius 2 is 1.75 bits per heavy atom. The lowest BCUT2D eigenvalue weighted by Gasteiger charge is -2.20. The molecule has 2 aromatic carbocycles. The summed E-state index contributed by atoms with van der Waals surface area (Å²) in [5.41, 5.74) is 3.75. The van der Waals surface area contributed by atoms with E-state index in [1.54, 1.807) is 12.4 Å². The Bertz CT molecular complexity index is 981. The lowest BCUT2D eigenvalue weighted by atomic mass is 9.99. The first kappa shape index (κ1) is 18.5. The monoisotopic (exact) mass is 370 g/mol. The number of pyridine rings is 1. The average molecular weight is 371 g/mol. The van der Waals surface area contributed by atoms with Crippen molar-refractivity contribution in [2.75, 3.05) is 31.5 Å². The molecule has 1 aliphatic heterocycles. The zero-order chi connectivity index (χ0) is 19.2. The molecule has 0 bridgehead atoms. The van der Waals surface area contributed by atoms with E-state index in [0.29, 0.717) is 5.56 Å². The van der Waals surface area contributed by atoms with Crippen molar-refractivity contribution >= 4 is 16.5 Å². The van der Waals surface area contributed by atoms with E-state index in [-0.39, 0.29) is 0 Å². The highest BCUT2D eigenvalue weighted by atomic mass is 15.1. The number of rotatable bonds is 5. The highest BCUT2D eigenvalue weighted by Crippen LogP contribution is 2.28. The molecule has 1 fully saturated rings. The number of likely N-dealkylation sites (tertiary alicyclic amines) is 1. The van der Waals surface area contributed by atoms with E-state index in [4.69, 9.17) is 0 Å². The molecule has 0 atom stereocenters. The third-order valence-corrected chi connectivity index (χ3v) is 5.55. The number of nitriles is 1. The second kappa shape index (κ2) is 8.86. The van der Waals surface area contributed by atoms with E-state index in [9.17, 15) is 5.26 Å². The van der Waals surface area contributed by atoms with E-state index in [1.807, 2.05) is 6.07 Å². The standard InChI is InChI=1S/C24H26N4/c25-17-22-18-26-10-9-24(22)21-6-5-20-16-23(8-7-19(20)15-21)27-11-14-28-12-3-1-2-4-13-28/h5-10,15-16,18,27H,1-4,11-14H2. The van der Waals surface area contributed by atoms with Crippen LogP contribution in [0.2, 0.25) is 0 Å². The second-order valence-corrected chi connectivity index (χ2v) is 7.49. The molecule has 4 heteroatoms. The molecule has 1 saturated heterocycles. The van der Waals surface area contributed by atoms with Gasteiger partial charge in [0.2, 0.25) is 0 Å². The zero-order valence-electron chi connectivity index (χ0n) is 16.2. The number of hydrogen-bond acceptors (Lipinski definition) is 4. The summed E-state index contributed by atoms with van der Waals surface area (Å²) in [6, 6.07) is 17.0.